The van der Waals surface area contributed by atoms with E-state index in [4.69, 9.17) is 10.5 Å². The summed E-state index contributed by atoms with van der Waals surface area (Å²) in [5.74, 6) is 0.912. The zero-order valence-electron chi connectivity index (χ0n) is 12.1. The van der Waals surface area contributed by atoms with E-state index in [2.05, 4.69) is 37.8 Å². The topological polar surface area (TPSA) is 38.5 Å². The Bertz CT molecular complexity index is 361. The van der Waals surface area contributed by atoms with E-state index in [0.29, 0.717) is 6.54 Å². The highest BCUT2D eigenvalue weighted by molar-refractivity contribution is 5.28. The second-order valence-corrected chi connectivity index (χ2v) is 4.92. The van der Waals surface area contributed by atoms with Gasteiger partial charge in [-0.1, -0.05) is 26.0 Å². The zero-order valence-corrected chi connectivity index (χ0v) is 12.1. The average Bonchev–Trinajstić information content (AvgIpc) is 2.44. The Morgan fingerprint density at radius 2 is 2.06 bits per heavy atom. The minimum absolute atomic E-state index is 0.0673. The molecular formula is C15H26N2O. The number of benzene rings is 1. The van der Waals surface area contributed by atoms with E-state index in [-0.39, 0.29) is 5.54 Å². The van der Waals surface area contributed by atoms with Crippen molar-refractivity contribution < 1.29 is 4.74 Å². The molecule has 0 fully saturated rings. The summed E-state index contributed by atoms with van der Waals surface area (Å²) in [7, 11) is 1.70. The highest BCUT2D eigenvalue weighted by Gasteiger charge is 2.27. The van der Waals surface area contributed by atoms with Crippen molar-refractivity contribution in [2.75, 3.05) is 20.2 Å². The maximum Gasteiger partial charge on any atom is 0.119 e. The van der Waals surface area contributed by atoms with Crippen LogP contribution in [-0.2, 0) is 6.54 Å². The number of ether oxygens (including phenoxy) is 1. The van der Waals surface area contributed by atoms with Crippen molar-refractivity contribution in [3.8, 4) is 5.75 Å². The molecule has 2 N–H and O–H groups in total. The molecule has 1 rings (SSSR count). The van der Waals surface area contributed by atoms with Gasteiger partial charge in [-0.05, 0) is 37.6 Å². The average molecular weight is 250 g/mol. The molecule has 0 saturated carbocycles. The summed E-state index contributed by atoms with van der Waals surface area (Å²) in [6, 6.07) is 8.24. The molecule has 102 valence electrons. The van der Waals surface area contributed by atoms with Crippen LogP contribution in [0.25, 0.3) is 0 Å². The van der Waals surface area contributed by atoms with Crippen LogP contribution < -0.4 is 10.5 Å². The summed E-state index contributed by atoms with van der Waals surface area (Å²) in [6.07, 6.45) is 1.06. The second kappa shape index (κ2) is 6.76. The van der Waals surface area contributed by atoms with Gasteiger partial charge >= 0.3 is 0 Å². The summed E-state index contributed by atoms with van der Waals surface area (Å²) in [6.45, 7) is 9.21. The molecule has 0 amide bonds. The van der Waals surface area contributed by atoms with Gasteiger partial charge in [-0.2, -0.15) is 0 Å². The third kappa shape index (κ3) is 3.47. The van der Waals surface area contributed by atoms with Crippen LogP contribution >= 0.6 is 0 Å². The number of hydrogen-bond acceptors (Lipinski definition) is 3. The Kier molecular flexibility index (Phi) is 5.63. The van der Waals surface area contributed by atoms with Crippen molar-refractivity contribution in [1.82, 2.24) is 4.90 Å². The minimum Gasteiger partial charge on any atom is -0.497 e. The lowest BCUT2D eigenvalue weighted by molar-refractivity contribution is 0.104. The smallest absolute Gasteiger partial charge is 0.119 e. The maximum absolute atomic E-state index is 5.94. The number of rotatable bonds is 7. The van der Waals surface area contributed by atoms with Gasteiger partial charge in [0.15, 0.2) is 0 Å². The molecule has 0 spiro atoms. The molecule has 0 bridgehead atoms. The molecule has 0 radical (unpaired) electrons. The van der Waals surface area contributed by atoms with Crippen molar-refractivity contribution >= 4 is 0 Å². The fraction of sp³-hybridized carbons (Fsp3) is 0.600. The van der Waals surface area contributed by atoms with Gasteiger partial charge in [0.2, 0.25) is 0 Å². The van der Waals surface area contributed by atoms with Gasteiger partial charge in [-0.15, -0.1) is 0 Å². The largest absolute Gasteiger partial charge is 0.497 e. The lowest BCUT2D eigenvalue weighted by Crippen LogP contribution is -2.50. The number of nitrogens with zero attached hydrogens (tertiary/aromatic N) is 1. The Hall–Kier alpha value is -1.06. The summed E-state index contributed by atoms with van der Waals surface area (Å²) >= 11 is 0. The molecule has 0 aromatic heterocycles. The molecule has 3 heteroatoms. The first-order valence-electron chi connectivity index (χ1n) is 6.67. The quantitative estimate of drug-likeness (QED) is 0.808. The van der Waals surface area contributed by atoms with Gasteiger partial charge in [0.05, 0.1) is 7.11 Å². The van der Waals surface area contributed by atoms with Gasteiger partial charge in [-0.25, -0.2) is 0 Å². The third-order valence-corrected chi connectivity index (χ3v) is 3.85. The van der Waals surface area contributed by atoms with Crippen LogP contribution in [0, 0.1) is 0 Å². The van der Waals surface area contributed by atoms with Gasteiger partial charge < -0.3 is 10.5 Å². The van der Waals surface area contributed by atoms with Gasteiger partial charge in [0.1, 0.15) is 5.75 Å². The molecule has 0 heterocycles. The predicted molar refractivity (Wildman–Crippen MR) is 76.8 cm³/mol. The molecule has 3 nitrogen and oxygen atoms in total. The molecule has 1 aromatic rings. The number of likely N-dealkylation sites (N-methyl/N-ethyl adjacent to an activating group) is 1. The molecule has 0 aliphatic carbocycles. The molecule has 0 aliphatic rings. The first-order chi connectivity index (χ1) is 8.59. The first-order valence-corrected chi connectivity index (χ1v) is 6.67. The van der Waals surface area contributed by atoms with Gasteiger partial charge in [0, 0.05) is 18.6 Å². The van der Waals surface area contributed by atoms with E-state index in [0.717, 1.165) is 25.3 Å². The molecule has 0 aliphatic heterocycles. The van der Waals surface area contributed by atoms with Crippen LogP contribution in [0.2, 0.25) is 0 Å². The number of hydrogen-bond donors (Lipinski definition) is 1. The lowest BCUT2D eigenvalue weighted by Gasteiger charge is -2.39. The lowest BCUT2D eigenvalue weighted by atomic mass is 9.95. The number of nitrogens with two attached hydrogens (primary N) is 1. The minimum atomic E-state index is 0.0673. The first kappa shape index (κ1) is 15.0. The van der Waals surface area contributed by atoms with E-state index in [1.807, 2.05) is 12.1 Å². The van der Waals surface area contributed by atoms with Crippen molar-refractivity contribution in [2.45, 2.75) is 39.3 Å². The van der Waals surface area contributed by atoms with Crippen LogP contribution in [-0.4, -0.2) is 30.6 Å². The fourth-order valence-corrected chi connectivity index (χ4v) is 2.17. The van der Waals surface area contributed by atoms with Crippen LogP contribution in [0.3, 0.4) is 0 Å². The highest BCUT2D eigenvalue weighted by Crippen LogP contribution is 2.22. The molecule has 1 atom stereocenters. The molecule has 0 saturated heterocycles. The standard InChI is InChI=1S/C15H26N2O/c1-5-15(3,12-16)17(6-2)11-13-8-7-9-14(10-13)18-4/h7-10H,5-6,11-12,16H2,1-4H3. The Morgan fingerprint density at radius 3 is 2.56 bits per heavy atom. The van der Waals surface area contributed by atoms with Crippen LogP contribution in [0.1, 0.15) is 32.8 Å². The van der Waals surface area contributed by atoms with Crippen molar-refractivity contribution in [3.05, 3.63) is 29.8 Å². The summed E-state index contributed by atoms with van der Waals surface area (Å²) in [4.78, 5) is 2.43. The Balaban J connectivity index is 2.85. The molecule has 1 unspecified atom stereocenters. The van der Waals surface area contributed by atoms with E-state index >= 15 is 0 Å². The Morgan fingerprint density at radius 1 is 1.33 bits per heavy atom. The van der Waals surface area contributed by atoms with E-state index < -0.39 is 0 Å². The monoisotopic (exact) mass is 250 g/mol. The Labute approximate surface area is 111 Å². The zero-order chi connectivity index (χ0) is 13.6. The van der Waals surface area contributed by atoms with E-state index in [1.165, 1.54) is 5.56 Å². The maximum atomic E-state index is 5.94. The van der Waals surface area contributed by atoms with Crippen molar-refractivity contribution in [3.63, 3.8) is 0 Å². The van der Waals surface area contributed by atoms with Crippen LogP contribution in [0.5, 0.6) is 5.75 Å². The second-order valence-electron chi connectivity index (χ2n) is 4.92. The third-order valence-electron chi connectivity index (χ3n) is 3.85. The predicted octanol–water partition coefficient (Wildman–Crippen LogP) is 2.64. The molecule has 18 heavy (non-hydrogen) atoms. The number of methoxy groups -OCH3 is 1. The molecule has 1 aromatic carbocycles. The van der Waals surface area contributed by atoms with Crippen LogP contribution in [0.4, 0.5) is 0 Å². The SMILES string of the molecule is CCN(Cc1cccc(OC)c1)C(C)(CC)CN. The van der Waals surface area contributed by atoms with Crippen molar-refractivity contribution in [1.29, 1.82) is 0 Å². The van der Waals surface area contributed by atoms with Crippen molar-refractivity contribution in [2.24, 2.45) is 5.73 Å². The van der Waals surface area contributed by atoms with E-state index in [1.54, 1.807) is 7.11 Å². The fourth-order valence-electron chi connectivity index (χ4n) is 2.17. The van der Waals surface area contributed by atoms with Gasteiger partial charge in [-0.3, -0.25) is 4.90 Å². The highest BCUT2D eigenvalue weighted by atomic mass is 16.5. The summed E-state index contributed by atoms with van der Waals surface area (Å²) in [5, 5.41) is 0. The van der Waals surface area contributed by atoms with E-state index in [9.17, 15) is 0 Å². The van der Waals surface area contributed by atoms with Gasteiger partial charge in [0.25, 0.3) is 0 Å². The summed E-state index contributed by atoms with van der Waals surface area (Å²) < 4.78 is 5.27. The molecular weight excluding hydrogens is 224 g/mol. The normalized spacial score (nSPS) is 14.6. The van der Waals surface area contributed by atoms with Crippen LogP contribution in [0.15, 0.2) is 24.3 Å². The summed E-state index contributed by atoms with van der Waals surface area (Å²) in [5.41, 5.74) is 7.27.